The Balaban J connectivity index is 2.19. The highest BCUT2D eigenvalue weighted by Crippen LogP contribution is 2.14. The van der Waals surface area contributed by atoms with Crippen molar-refractivity contribution in [2.75, 3.05) is 6.61 Å². The molecule has 1 rings (SSSR count). The first kappa shape index (κ1) is 6.05. The van der Waals surface area contributed by atoms with Crippen LogP contribution in [0.5, 0.6) is 0 Å². The monoisotopic (exact) mass is 115 g/mol. The number of rotatable bonds is 0. The molecule has 2 heteroatoms. The fourth-order valence-electron chi connectivity index (χ4n) is 0.903. The Morgan fingerprint density at radius 3 is 2.62 bits per heavy atom. The molecule has 2 nitrogen and oxygen atoms in total. The van der Waals surface area contributed by atoms with E-state index < -0.39 is 0 Å². The van der Waals surface area contributed by atoms with Crippen molar-refractivity contribution in [1.82, 2.24) is 0 Å². The van der Waals surface area contributed by atoms with E-state index >= 15 is 0 Å². The van der Waals surface area contributed by atoms with Crippen LogP contribution in [0.2, 0.25) is 0 Å². The highest BCUT2D eigenvalue weighted by molar-refractivity contribution is 4.61. The van der Waals surface area contributed by atoms with Crippen LogP contribution in [0.1, 0.15) is 19.8 Å². The predicted octanol–water partition coefficient (Wildman–Crippen LogP) is 0.718. The Hall–Kier alpha value is -0.0800. The Morgan fingerprint density at radius 1 is 1.50 bits per heavy atom. The highest BCUT2D eigenvalue weighted by Gasteiger charge is 2.13. The van der Waals surface area contributed by atoms with Crippen LogP contribution in [-0.4, -0.2) is 12.8 Å². The molecule has 0 spiro atoms. The molecule has 1 saturated heterocycles. The molecule has 0 aromatic heterocycles. The third-order valence-electron chi connectivity index (χ3n) is 1.54. The number of nitrogens with two attached hydrogens (primary N) is 1. The summed E-state index contributed by atoms with van der Waals surface area (Å²) < 4.78 is 5.17. The summed E-state index contributed by atoms with van der Waals surface area (Å²) in [5, 5.41) is 0. The second-order valence-corrected chi connectivity index (χ2v) is 2.55. The van der Waals surface area contributed by atoms with Crippen molar-refractivity contribution in [3.8, 4) is 0 Å². The van der Waals surface area contributed by atoms with E-state index in [9.17, 15) is 0 Å². The molecular weight excluding hydrogens is 102 g/mol. The molecule has 0 bridgehead atoms. The predicted molar refractivity (Wildman–Crippen MR) is 32.3 cm³/mol. The normalized spacial score (nSPS) is 39.8. The summed E-state index contributed by atoms with van der Waals surface area (Å²) in [7, 11) is 0. The Labute approximate surface area is 50.0 Å². The molecule has 1 heterocycles. The minimum absolute atomic E-state index is 0.0196. The van der Waals surface area contributed by atoms with E-state index in [1.807, 2.05) is 0 Å². The summed E-state index contributed by atoms with van der Waals surface area (Å²) >= 11 is 0. The number of ether oxygens (including phenoxy) is 1. The van der Waals surface area contributed by atoms with Crippen molar-refractivity contribution in [1.29, 1.82) is 0 Å². The molecule has 0 amide bonds. The van der Waals surface area contributed by atoms with Gasteiger partial charge < -0.3 is 10.5 Å². The minimum Gasteiger partial charge on any atom is -0.363 e. The van der Waals surface area contributed by atoms with Gasteiger partial charge in [-0.05, 0) is 18.8 Å². The largest absolute Gasteiger partial charge is 0.363 e. The summed E-state index contributed by atoms with van der Waals surface area (Å²) in [6.45, 7) is 3.03. The average molecular weight is 115 g/mol. The van der Waals surface area contributed by atoms with Crippen molar-refractivity contribution in [3.63, 3.8) is 0 Å². The first-order valence-electron chi connectivity index (χ1n) is 3.16. The van der Waals surface area contributed by atoms with Crippen LogP contribution in [-0.2, 0) is 4.74 Å². The SMILES string of the molecule is CC1CCC(N)OC1. The van der Waals surface area contributed by atoms with E-state index in [1.165, 1.54) is 6.42 Å². The van der Waals surface area contributed by atoms with Crippen LogP contribution in [0.4, 0.5) is 0 Å². The quantitative estimate of drug-likeness (QED) is 0.505. The van der Waals surface area contributed by atoms with Crippen LogP contribution in [0, 0.1) is 5.92 Å². The molecule has 2 atom stereocenters. The zero-order valence-electron chi connectivity index (χ0n) is 5.26. The first-order valence-corrected chi connectivity index (χ1v) is 3.16. The van der Waals surface area contributed by atoms with Gasteiger partial charge in [-0.25, -0.2) is 0 Å². The van der Waals surface area contributed by atoms with Crippen molar-refractivity contribution in [2.24, 2.45) is 11.7 Å². The van der Waals surface area contributed by atoms with Gasteiger partial charge in [0.2, 0.25) is 0 Å². The van der Waals surface area contributed by atoms with E-state index in [0.29, 0.717) is 0 Å². The van der Waals surface area contributed by atoms with Gasteiger partial charge in [0.25, 0.3) is 0 Å². The fourth-order valence-corrected chi connectivity index (χ4v) is 0.903. The summed E-state index contributed by atoms with van der Waals surface area (Å²) in [5.74, 6) is 0.717. The van der Waals surface area contributed by atoms with Gasteiger partial charge in [-0.2, -0.15) is 0 Å². The van der Waals surface area contributed by atoms with Crippen molar-refractivity contribution in [2.45, 2.75) is 26.0 Å². The Morgan fingerprint density at radius 2 is 2.25 bits per heavy atom. The van der Waals surface area contributed by atoms with Gasteiger partial charge in [0, 0.05) is 0 Å². The lowest BCUT2D eigenvalue weighted by Crippen LogP contribution is -2.31. The van der Waals surface area contributed by atoms with E-state index in [0.717, 1.165) is 18.9 Å². The Bertz CT molecular complexity index is 56.9. The molecule has 2 N–H and O–H groups in total. The van der Waals surface area contributed by atoms with Crippen LogP contribution >= 0.6 is 0 Å². The molecule has 1 fully saturated rings. The minimum atomic E-state index is 0.0196. The summed E-state index contributed by atoms with van der Waals surface area (Å²) in [5.41, 5.74) is 5.47. The lowest BCUT2D eigenvalue weighted by Gasteiger charge is -2.23. The summed E-state index contributed by atoms with van der Waals surface area (Å²) in [4.78, 5) is 0. The molecule has 0 aromatic rings. The van der Waals surface area contributed by atoms with E-state index in [-0.39, 0.29) is 6.23 Å². The Kier molecular flexibility index (Phi) is 1.86. The first-order chi connectivity index (χ1) is 3.79. The maximum atomic E-state index is 5.47. The van der Waals surface area contributed by atoms with Crippen molar-refractivity contribution < 1.29 is 4.74 Å². The third kappa shape index (κ3) is 1.46. The van der Waals surface area contributed by atoms with Crippen LogP contribution in [0.3, 0.4) is 0 Å². The summed E-state index contributed by atoms with van der Waals surface area (Å²) in [6, 6.07) is 0. The smallest absolute Gasteiger partial charge is 0.105 e. The van der Waals surface area contributed by atoms with Crippen LogP contribution in [0.15, 0.2) is 0 Å². The van der Waals surface area contributed by atoms with E-state index in [2.05, 4.69) is 6.92 Å². The maximum Gasteiger partial charge on any atom is 0.105 e. The maximum absolute atomic E-state index is 5.47. The molecule has 0 radical (unpaired) electrons. The summed E-state index contributed by atoms with van der Waals surface area (Å²) in [6.07, 6.45) is 2.27. The highest BCUT2D eigenvalue weighted by atomic mass is 16.5. The molecule has 0 aromatic carbocycles. The zero-order chi connectivity index (χ0) is 5.98. The lowest BCUT2D eigenvalue weighted by molar-refractivity contribution is -0.00677. The van der Waals surface area contributed by atoms with Crippen molar-refractivity contribution >= 4 is 0 Å². The van der Waals surface area contributed by atoms with E-state index in [4.69, 9.17) is 10.5 Å². The molecule has 2 unspecified atom stereocenters. The van der Waals surface area contributed by atoms with Gasteiger partial charge in [0.05, 0.1) is 6.61 Å². The molecular formula is C6H13NO. The molecule has 1 aliphatic heterocycles. The molecule has 1 aliphatic rings. The van der Waals surface area contributed by atoms with Crippen molar-refractivity contribution in [3.05, 3.63) is 0 Å². The average Bonchev–Trinajstić information content (AvgIpc) is 1.77. The van der Waals surface area contributed by atoms with E-state index in [1.54, 1.807) is 0 Å². The van der Waals surface area contributed by atoms with Gasteiger partial charge in [0.15, 0.2) is 0 Å². The van der Waals surface area contributed by atoms with Gasteiger partial charge >= 0.3 is 0 Å². The topological polar surface area (TPSA) is 35.2 Å². The molecule has 8 heavy (non-hydrogen) atoms. The second kappa shape index (κ2) is 2.46. The molecule has 0 aliphatic carbocycles. The number of hydrogen-bond acceptors (Lipinski definition) is 2. The molecule has 48 valence electrons. The van der Waals surface area contributed by atoms with Gasteiger partial charge in [-0.15, -0.1) is 0 Å². The fraction of sp³-hybridized carbons (Fsp3) is 1.00. The van der Waals surface area contributed by atoms with Crippen LogP contribution < -0.4 is 5.73 Å². The van der Waals surface area contributed by atoms with Gasteiger partial charge in [0.1, 0.15) is 6.23 Å². The molecule has 0 saturated carbocycles. The lowest BCUT2D eigenvalue weighted by atomic mass is 10.0. The van der Waals surface area contributed by atoms with Gasteiger partial charge in [-0.3, -0.25) is 0 Å². The standard InChI is InChI=1S/C6H13NO/c1-5-2-3-6(7)8-4-5/h5-6H,2-4,7H2,1H3. The van der Waals surface area contributed by atoms with Gasteiger partial charge in [-0.1, -0.05) is 6.92 Å². The zero-order valence-corrected chi connectivity index (χ0v) is 5.26. The third-order valence-corrected chi connectivity index (χ3v) is 1.54. The number of hydrogen-bond donors (Lipinski definition) is 1. The second-order valence-electron chi connectivity index (χ2n) is 2.55. The van der Waals surface area contributed by atoms with Crippen LogP contribution in [0.25, 0.3) is 0 Å².